The topological polar surface area (TPSA) is 77.5 Å². The molecule has 0 spiro atoms. The van der Waals surface area contributed by atoms with Gasteiger partial charge in [0.1, 0.15) is 5.82 Å². The average molecular weight is 251 g/mol. The van der Waals surface area contributed by atoms with Crippen molar-refractivity contribution in [2.45, 2.75) is 12.3 Å². The second-order valence-corrected chi connectivity index (χ2v) is 6.70. The van der Waals surface area contributed by atoms with Gasteiger partial charge in [-0.2, -0.15) is 0 Å². The Labute approximate surface area is 99.2 Å². The Morgan fingerprint density at radius 2 is 2.24 bits per heavy atom. The maximum absolute atomic E-state index is 11.5. The first kappa shape index (κ1) is 10.6. The molecule has 0 radical (unpaired) electrons. The predicted molar refractivity (Wildman–Crippen MR) is 65.6 cm³/mol. The lowest BCUT2D eigenvalue weighted by Gasteiger charge is -2.07. The molecule has 17 heavy (non-hydrogen) atoms. The minimum absolute atomic E-state index is 0.00991. The van der Waals surface area contributed by atoms with Gasteiger partial charge in [0.25, 0.3) is 0 Å². The van der Waals surface area contributed by atoms with Crippen LogP contribution < -0.4 is 5.73 Å². The van der Waals surface area contributed by atoms with Crippen LogP contribution in [0.2, 0.25) is 0 Å². The number of aromatic nitrogens is 2. The number of hydrogen-bond acceptors (Lipinski definition) is 4. The van der Waals surface area contributed by atoms with Crippen LogP contribution in [0.25, 0.3) is 5.52 Å². The van der Waals surface area contributed by atoms with E-state index in [2.05, 4.69) is 4.98 Å². The molecule has 0 aromatic carbocycles. The summed E-state index contributed by atoms with van der Waals surface area (Å²) in [6.45, 7) is 0. The van der Waals surface area contributed by atoms with E-state index in [0.29, 0.717) is 12.1 Å². The monoisotopic (exact) mass is 251 g/mol. The molecule has 90 valence electrons. The second kappa shape index (κ2) is 3.46. The smallest absolute Gasteiger partial charge is 0.151 e. The first-order valence-electron chi connectivity index (χ1n) is 5.48. The van der Waals surface area contributed by atoms with Gasteiger partial charge in [-0.15, -0.1) is 0 Å². The van der Waals surface area contributed by atoms with Gasteiger partial charge in [-0.3, -0.25) is 0 Å². The third kappa shape index (κ3) is 1.78. The van der Waals surface area contributed by atoms with Crippen molar-refractivity contribution in [2.75, 3.05) is 17.2 Å². The van der Waals surface area contributed by atoms with E-state index >= 15 is 0 Å². The van der Waals surface area contributed by atoms with Gasteiger partial charge in [0.15, 0.2) is 9.84 Å². The predicted octanol–water partition coefficient (Wildman–Crippen LogP) is 0.819. The minimum Gasteiger partial charge on any atom is -0.398 e. The van der Waals surface area contributed by atoms with Gasteiger partial charge < -0.3 is 10.1 Å². The van der Waals surface area contributed by atoms with Crippen LogP contribution in [-0.2, 0) is 9.84 Å². The quantitative estimate of drug-likeness (QED) is 0.814. The fourth-order valence-electron chi connectivity index (χ4n) is 2.33. The number of fused-ring (bicyclic) bond motifs is 1. The molecule has 6 heteroatoms. The SMILES string of the molecule is Nc1ccc2cnc(C3CCS(=O)(=O)C3)n2c1. The van der Waals surface area contributed by atoms with Crippen LogP contribution in [-0.4, -0.2) is 29.3 Å². The van der Waals surface area contributed by atoms with E-state index in [9.17, 15) is 8.42 Å². The summed E-state index contributed by atoms with van der Waals surface area (Å²) in [5.74, 6) is 1.24. The molecule has 2 aromatic rings. The van der Waals surface area contributed by atoms with E-state index in [4.69, 9.17) is 5.73 Å². The number of nitrogens with two attached hydrogens (primary N) is 1. The van der Waals surface area contributed by atoms with Gasteiger partial charge in [0.05, 0.1) is 23.2 Å². The van der Waals surface area contributed by atoms with E-state index in [1.165, 1.54) is 0 Å². The highest BCUT2D eigenvalue weighted by Gasteiger charge is 2.31. The van der Waals surface area contributed by atoms with Crippen LogP contribution in [0.4, 0.5) is 5.69 Å². The van der Waals surface area contributed by atoms with Crippen LogP contribution in [0.3, 0.4) is 0 Å². The molecular weight excluding hydrogens is 238 g/mol. The largest absolute Gasteiger partial charge is 0.398 e. The summed E-state index contributed by atoms with van der Waals surface area (Å²) >= 11 is 0. The number of sulfone groups is 1. The van der Waals surface area contributed by atoms with Gasteiger partial charge in [-0.1, -0.05) is 0 Å². The van der Waals surface area contributed by atoms with Crippen molar-refractivity contribution in [3.8, 4) is 0 Å². The fraction of sp³-hybridized carbons (Fsp3) is 0.364. The van der Waals surface area contributed by atoms with Crippen molar-refractivity contribution in [1.82, 2.24) is 9.38 Å². The number of nitrogen functional groups attached to an aromatic ring is 1. The molecule has 3 heterocycles. The molecule has 1 aliphatic heterocycles. The molecule has 5 nitrogen and oxygen atoms in total. The zero-order valence-corrected chi connectivity index (χ0v) is 10.0. The van der Waals surface area contributed by atoms with E-state index in [-0.39, 0.29) is 17.4 Å². The van der Waals surface area contributed by atoms with Crippen molar-refractivity contribution < 1.29 is 8.42 Å². The number of imidazole rings is 1. The number of anilines is 1. The molecular formula is C11H13N3O2S. The van der Waals surface area contributed by atoms with Crippen molar-refractivity contribution in [3.63, 3.8) is 0 Å². The molecule has 1 fully saturated rings. The van der Waals surface area contributed by atoms with Crippen LogP contribution >= 0.6 is 0 Å². The number of nitrogens with zero attached hydrogens (tertiary/aromatic N) is 2. The Morgan fingerprint density at radius 1 is 1.41 bits per heavy atom. The molecule has 2 aromatic heterocycles. The summed E-state index contributed by atoms with van der Waals surface area (Å²) in [5.41, 5.74) is 7.33. The van der Waals surface area contributed by atoms with Crippen LogP contribution in [0, 0.1) is 0 Å². The standard InChI is InChI=1S/C11H13N3O2S/c12-9-1-2-10-5-13-11(14(10)6-9)8-3-4-17(15,16)7-8/h1-2,5-6,8H,3-4,7,12H2. The van der Waals surface area contributed by atoms with Gasteiger partial charge in [0.2, 0.25) is 0 Å². The molecule has 1 saturated heterocycles. The Hall–Kier alpha value is -1.56. The van der Waals surface area contributed by atoms with Crippen molar-refractivity contribution in [1.29, 1.82) is 0 Å². The third-order valence-corrected chi connectivity index (χ3v) is 4.94. The van der Waals surface area contributed by atoms with Crippen LogP contribution in [0.5, 0.6) is 0 Å². The Balaban J connectivity index is 2.09. The highest BCUT2D eigenvalue weighted by Crippen LogP contribution is 2.28. The van der Waals surface area contributed by atoms with Gasteiger partial charge in [-0.25, -0.2) is 13.4 Å². The normalized spacial score (nSPS) is 23.2. The molecule has 1 aliphatic rings. The third-order valence-electron chi connectivity index (χ3n) is 3.18. The lowest BCUT2D eigenvalue weighted by Crippen LogP contribution is -2.07. The van der Waals surface area contributed by atoms with E-state index in [0.717, 1.165) is 11.3 Å². The average Bonchev–Trinajstić information content (AvgIpc) is 2.81. The molecule has 1 atom stereocenters. The Bertz CT molecular complexity index is 675. The highest BCUT2D eigenvalue weighted by atomic mass is 32.2. The molecule has 2 N–H and O–H groups in total. The number of rotatable bonds is 1. The van der Waals surface area contributed by atoms with Crippen molar-refractivity contribution >= 4 is 21.0 Å². The summed E-state index contributed by atoms with van der Waals surface area (Å²) in [4.78, 5) is 4.33. The molecule has 0 saturated carbocycles. The molecule has 1 unspecified atom stereocenters. The first-order chi connectivity index (χ1) is 8.05. The van der Waals surface area contributed by atoms with E-state index < -0.39 is 9.84 Å². The zero-order valence-electron chi connectivity index (χ0n) is 9.20. The molecule has 0 bridgehead atoms. The minimum atomic E-state index is -2.88. The fourth-order valence-corrected chi connectivity index (χ4v) is 4.07. The summed E-state index contributed by atoms with van der Waals surface area (Å²) in [6.07, 6.45) is 4.19. The summed E-state index contributed by atoms with van der Waals surface area (Å²) in [5, 5.41) is 0. The maximum atomic E-state index is 11.5. The van der Waals surface area contributed by atoms with Gasteiger partial charge >= 0.3 is 0 Å². The first-order valence-corrected chi connectivity index (χ1v) is 7.30. The Kier molecular flexibility index (Phi) is 2.16. The van der Waals surface area contributed by atoms with Crippen LogP contribution in [0.1, 0.15) is 18.2 Å². The summed E-state index contributed by atoms with van der Waals surface area (Å²) in [7, 11) is -2.88. The number of hydrogen-bond donors (Lipinski definition) is 1. The van der Waals surface area contributed by atoms with E-state index in [1.54, 1.807) is 12.4 Å². The lowest BCUT2D eigenvalue weighted by atomic mass is 10.1. The maximum Gasteiger partial charge on any atom is 0.151 e. The molecule has 0 aliphatic carbocycles. The molecule has 0 amide bonds. The lowest BCUT2D eigenvalue weighted by molar-refractivity contribution is 0.601. The number of pyridine rings is 1. The van der Waals surface area contributed by atoms with E-state index in [1.807, 2.05) is 16.5 Å². The highest BCUT2D eigenvalue weighted by molar-refractivity contribution is 7.91. The Morgan fingerprint density at radius 3 is 2.94 bits per heavy atom. The second-order valence-electron chi connectivity index (χ2n) is 4.47. The van der Waals surface area contributed by atoms with Crippen molar-refractivity contribution in [2.24, 2.45) is 0 Å². The molecule has 3 rings (SSSR count). The van der Waals surface area contributed by atoms with Gasteiger partial charge in [-0.05, 0) is 18.6 Å². The zero-order chi connectivity index (χ0) is 12.0. The van der Waals surface area contributed by atoms with Gasteiger partial charge in [0, 0.05) is 17.8 Å². The summed E-state index contributed by atoms with van der Waals surface area (Å²) < 4.78 is 24.8. The summed E-state index contributed by atoms with van der Waals surface area (Å²) in [6, 6.07) is 3.70. The van der Waals surface area contributed by atoms with Crippen molar-refractivity contribution in [3.05, 3.63) is 30.4 Å². The van der Waals surface area contributed by atoms with Crippen LogP contribution in [0.15, 0.2) is 24.5 Å².